The van der Waals surface area contributed by atoms with Gasteiger partial charge in [0.2, 0.25) is 5.91 Å². The molecule has 158 valence electrons. The lowest BCUT2D eigenvalue weighted by molar-refractivity contribution is -0.148. The maximum atomic E-state index is 13.0. The van der Waals surface area contributed by atoms with Gasteiger partial charge in [0.1, 0.15) is 18.4 Å². The van der Waals surface area contributed by atoms with Crippen LogP contribution in [-0.2, 0) is 20.9 Å². The molecule has 2 amide bonds. The Morgan fingerprint density at radius 3 is 2.47 bits per heavy atom. The van der Waals surface area contributed by atoms with Gasteiger partial charge in [0.05, 0.1) is 12.5 Å². The van der Waals surface area contributed by atoms with Crippen molar-refractivity contribution in [2.45, 2.75) is 39.0 Å². The smallest absolute Gasteiger partial charge is 0.308 e. The molecule has 1 N–H and O–H groups in total. The first-order valence-corrected chi connectivity index (χ1v) is 9.99. The highest BCUT2D eigenvalue weighted by Crippen LogP contribution is 2.18. The van der Waals surface area contributed by atoms with Crippen LogP contribution in [0.15, 0.2) is 54.6 Å². The number of carbonyl (C=O) groups excluding carboxylic acids is 3. The Morgan fingerprint density at radius 2 is 1.80 bits per heavy atom. The first kappa shape index (κ1) is 21.4. The monoisotopic (exact) mass is 410 g/mol. The van der Waals surface area contributed by atoms with Gasteiger partial charge < -0.3 is 19.7 Å². The molecule has 2 aromatic carbocycles. The largest absolute Gasteiger partial charge is 0.491 e. The van der Waals surface area contributed by atoms with Crippen LogP contribution in [0.5, 0.6) is 5.75 Å². The van der Waals surface area contributed by atoms with Crippen molar-refractivity contribution in [1.82, 2.24) is 10.2 Å². The molecule has 0 aromatic heterocycles. The molecule has 7 nitrogen and oxygen atoms in total. The molecule has 2 aromatic rings. The summed E-state index contributed by atoms with van der Waals surface area (Å²) in [5.74, 6) is -0.522. The van der Waals surface area contributed by atoms with Crippen molar-refractivity contribution in [1.29, 1.82) is 0 Å². The van der Waals surface area contributed by atoms with Crippen LogP contribution >= 0.6 is 0 Å². The van der Waals surface area contributed by atoms with E-state index in [0.717, 1.165) is 5.56 Å². The number of hydrogen-bond donors (Lipinski definition) is 1. The van der Waals surface area contributed by atoms with Crippen molar-refractivity contribution in [3.05, 3.63) is 65.7 Å². The minimum Gasteiger partial charge on any atom is -0.491 e. The third kappa shape index (κ3) is 5.59. The summed E-state index contributed by atoms with van der Waals surface area (Å²) in [4.78, 5) is 39.2. The number of nitrogens with zero attached hydrogens (tertiary/aromatic N) is 1. The number of ether oxygens (including phenoxy) is 2. The number of hydrogen-bond acceptors (Lipinski definition) is 5. The van der Waals surface area contributed by atoms with E-state index in [1.54, 1.807) is 24.3 Å². The number of piperazine rings is 1. The van der Waals surface area contributed by atoms with E-state index in [9.17, 15) is 14.4 Å². The second-order valence-corrected chi connectivity index (χ2v) is 7.35. The Bertz CT molecular complexity index is 880. The highest BCUT2D eigenvalue weighted by Gasteiger charge is 2.35. The predicted molar refractivity (Wildman–Crippen MR) is 111 cm³/mol. The number of nitrogens with one attached hydrogen (secondary N) is 1. The van der Waals surface area contributed by atoms with E-state index in [2.05, 4.69) is 5.32 Å². The zero-order valence-corrected chi connectivity index (χ0v) is 17.2. The normalized spacial score (nSPS) is 16.2. The molecule has 1 saturated heterocycles. The zero-order chi connectivity index (χ0) is 21.5. The van der Waals surface area contributed by atoms with Crippen molar-refractivity contribution in [2.75, 3.05) is 13.1 Å². The molecule has 1 fully saturated rings. The Balaban J connectivity index is 1.65. The third-order valence-electron chi connectivity index (χ3n) is 4.67. The van der Waals surface area contributed by atoms with Crippen LogP contribution in [0.4, 0.5) is 0 Å². The van der Waals surface area contributed by atoms with E-state index in [0.29, 0.717) is 24.4 Å². The van der Waals surface area contributed by atoms with Gasteiger partial charge in [-0.3, -0.25) is 14.4 Å². The molecular formula is C23H26N2O5. The van der Waals surface area contributed by atoms with Crippen LogP contribution in [0.3, 0.4) is 0 Å². The van der Waals surface area contributed by atoms with Gasteiger partial charge >= 0.3 is 5.97 Å². The molecular weight excluding hydrogens is 384 g/mol. The first-order chi connectivity index (χ1) is 14.4. The van der Waals surface area contributed by atoms with Crippen LogP contribution in [0.1, 0.15) is 36.2 Å². The van der Waals surface area contributed by atoms with Crippen molar-refractivity contribution in [3.8, 4) is 5.75 Å². The minimum atomic E-state index is -0.902. The summed E-state index contributed by atoms with van der Waals surface area (Å²) >= 11 is 0. The average Bonchev–Trinajstić information content (AvgIpc) is 2.74. The maximum Gasteiger partial charge on any atom is 0.308 e. The summed E-state index contributed by atoms with van der Waals surface area (Å²) in [7, 11) is 0. The topological polar surface area (TPSA) is 84.9 Å². The van der Waals surface area contributed by atoms with Crippen molar-refractivity contribution >= 4 is 17.8 Å². The lowest BCUT2D eigenvalue weighted by Gasteiger charge is -2.34. The molecule has 7 heteroatoms. The van der Waals surface area contributed by atoms with E-state index in [4.69, 9.17) is 9.47 Å². The fourth-order valence-electron chi connectivity index (χ4n) is 3.23. The third-order valence-corrected chi connectivity index (χ3v) is 4.67. The fourth-order valence-corrected chi connectivity index (χ4v) is 3.23. The van der Waals surface area contributed by atoms with E-state index in [1.807, 2.05) is 44.2 Å². The average molecular weight is 410 g/mol. The summed E-state index contributed by atoms with van der Waals surface area (Å²) in [6, 6.07) is 15.2. The summed E-state index contributed by atoms with van der Waals surface area (Å²) in [5.41, 5.74) is 1.29. The second-order valence-electron chi connectivity index (χ2n) is 7.35. The Hall–Kier alpha value is -3.35. The van der Waals surface area contributed by atoms with Gasteiger partial charge in [-0.25, -0.2) is 0 Å². The lowest BCUT2D eigenvalue weighted by atomic mass is 10.1. The molecule has 3 rings (SSSR count). The highest BCUT2D eigenvalue weighted by atomic mass is 16.5. The predicted octanol–water partition coefficient (Wildman–Crippen LogP) is 2.55. The molecule has 1 atom stereocenters. The van der Waals surface area contributed by atoms with E-state index in [1.165, 1.54) is 4.90 Å². The molecule has 1 aliphatic rings. The van der Waals surface area contributed by atoms with Crippen LogP contribution in [-0.4, -0.2) is 47.9 Å². The van der Waals surface area contributed by atoms with Gasteiger partial charge in [-0.2, -0.15) is 0 Å². The minimum absolute atomic E-state index is 0.0311. The SMILES string of the molecule is CC(C)Oc1ccc(C(=O)N2CCNC(=O)C2CC(=O)OCc2ccccc2)cc1. The first-order valence-electron chi connectivity index (χ1n) is 9.99. The van der Waals surface area contributed by atoms with Crippen LogP contribution in [0.25, 0.3) is 0 Å². The maximum absolute atomic E-state index is 13.0. The number of esters is 1. The van der Waals surface area contributed by atoms with Crippen LogP contribution in [0, 0.1) is 0 Å². The number of rotatable bonds is 7. The van der Waals surface area contributed by atoms with E-state index < -0.39 is 12.0 Å². The van der Waals surface area contributed by atoms with Gasteiger partial charge in [0, 0.05) is 18.7 Å². The lowest BCUT2D eigenvalue weighted by Crippen LogP contribution is -2.57. The Labute approximate surface area is 176 Å². The van der Waals surface area contributed by atoms with Gasteiger partial charge in [0.15, 0.2) is 0 Å². The van der Waals surface area contributed by atoms with Gasteiger partial charge in [0.25, 0.3) is 5.91 Å². The molecule has 0 saturated carbocycles. The molecule has 0 spiro atoms. The van der Waals surface area contributed by atoms with Crippen LogP contribution in [0.2, 0.25) is 0 Å². The summed E-state index contributed by atoms with van der Waals surface area (Å²) < 4.78 is 10.9. The Morgan fingerprint density at radius 1 is 1.10 bits per heavy atom. The highest BCUT2D eigenvalue weighted by molar-refractivity contribution is 5.99. The molecule has 0 bridgehead atoms. The molecule has 1 unspecified atom stereocenters. The number of carbonyl (C=O) groups is 3. The number of benzene rings is 2. The molecule has 1 heterocycles. The van der Waals surface area contributed by atoms with Crippen molar-refractivity contribution < 1.29 is 23.9 Å². The van der Waals surface area contributed by atoms with E-state index in [-0.39, 0.29) is 30.9 Å². The van der Waals surface area contributed by atoms with E-state index >= 15 is 0 Å². The van der Waals surface area contributed by atoms with Gasteiger partial charge in [-0.1, -0.05) is 30.3 Å². The molecule has 0 radical (unpaired) electrons. The van der Waals surface area contributed by atoms with Crippen molar-refractivity contribution in [3.63, 3.8) is 0 Å². The quantitative estimate of drug-likeness (QED) is 0.709. The van der Waals surface area contributed by atoms with Crippen LogP contribution < -0.4 is 10.1 Å². The Kier molecular flexibility index (Phi) is 7.06. The second kappa shape index (κ2) is 9.91. The molecule has 0 aliphatic carbocycles. The van der Waals surface area contributed by atoms with Crippen molar-refractivity contribution in [2.24, 2.45) is 0 Å². The number of amides is 2. The zero-order valence-electron chi connectivity index (χ0n) is 17.2. The van der Waals surface area contributed by atoms with Gasteiger partial charge in [-0.05, 0) is 43.7 Å². The summed E-state index contributed by atoms with van der Waals surface area (Å²) in [6.07, 6.45) is -0.164. The molecule has 1 aliphatic heterocycles. The molecule has 30 heavy (non-hydrogen) atoms. The summed E-state index contributed by atoms with van der Waals surface area (Å²) in [5, 5.41) is 2.72. The van der Waals surface area contributed by atoms with Gasteiger partial charge in [-0.15, -0.1) is 0 Å². The fraction of sp³-hybridized carbons (Fsp3) is 0.348. The summed E-state index contributed by atoms with van der Waals surface area (Å²) in [6.45, 7) is 4.64. The standard InChI is InChI=1S/C23H26N2O5/c1-16(2)30-19-10-8-18(9-11-19)23(28)25-13-12-24-22(27)20(25)14-21(26)29-15-17-6-4-3-5-7-17/h3-11,16,20H,12-15H2,1-2H3,(H,24,27).